The van der Waals surface area contributed by atoms with Crippen molar-refractivity contribution in [3.63, 3.8) is 0 Å². The van der Waals surface area contributed by atoms with Crippen LogP contribution in [0.15, 0.2) is 48.5 Å². The first kappa shape index (κ1) is 25.8. The number of methoxy groups -OCH3 is 1. The molecule has 2 amide bonds. The summed E-state index contributed by atoms with van der Waals surface area (Å²) in [5.41, 5.74) is 3.40. The number of nitrogens with one attached hydrogen (secondary N) is 1. The van der Waals surface area contributed by atoms with Gasteiger partial charge in [0, 0.05) is 19.0 Å². The van der Waals surface area contributed by atoms with Gasteiger partial charge in [0.05, 0.1) is 7.11 Å². The quantitative estimate of drug-likeness (QED) is 0.481. The summed E-state index contributed by atoms with van der Waals surface area (Å²) in [6, 6.07) is 15.9. The predicted molar refractivity (Wildman–Crippen MR) is 137 cm³/mol. The molecule has 1 fully saturated rings. The van der Waals surface area contributed by atoms with Gasteiger partial charge in [0.15, 0.2) is 0 Å². The van der Waals surface area contributed by atoms with Crippen LogP contribution in [0.25, 0.3) is 0 Å². The normalized spacial score (nSPS) is 14.9. The molecular formula is C29H40N2O3. The van der Waals surface area contributed by atoms with E-state index in [1.54, 1.807) is 12.0 Å². The Morgan fingerprint density at radius 3 is 2.35 bits per heavy atom. The molecule has 1 aliphatic rings. The van der Waals surface area contributed by atoms with Gasteiger partial charge < -0.3 is 15.0 Å². The number of carbonyl (C=O) groups excluding carboxylic acids is 2. The van der Waals surface area contributed by atoms with Gasteiger partial charge in [-0.15, -0.1) is 0 Å². The van der Waals surface area contributed by atoms with Crippen molar-refractivity contribution >= 4 is 11.8 Å². The minimum Gasteiger partial charge on any atom is -0.497 e. The molecule has 0 bridgehead atoms. The Morgan fingerprint density at radius 1 is 1.00 bits per heavy atom. The average molecular weight is 465 g/mol. The maximum atomic E-state index is 13.5. The van der Waals surface area contributed by atoms with Gasteiger partial charge in [0.2, 0.25) is 11.8 Å². The van der Waals surface area contributed by atoms with E-state index in [4.69, 9.17) is 4.74 Å². The van der Waals surface area contributed by atoms with Crippen LogP contribution in [0.3, 0.4) is 0 Å². The Kier molecular flexibility index (Phi) is 9.99. The number of rotatable bonds is 11. The number of hydrogen-bond acceptors (Lipinski definition) is 3. The monoisotopic (exact) mass is 464 g/mol. The molecule has 1 unspecified atom stereocenters. The summed E-state index contributed by atoms with van der Waals surface area (Å²) in [6.07, 6.45) is 8.24. The van der Waals surface area contributed by atoms with Gasteiger partial charge in [-0.3, -0.25) is 9.59 Å². The Bertz CT molecular complexity index is 919. The largest absolute Gasteiger partial charge is 0.497 e. The van der Waals surface area contributed by atoms with E-state index in [0.29, 0.717) is 25.8 Å². The lowest BCUT2D eigenvalue weighted by Crippen LogP contribution is -2.51. The fraction of sp³-hybridized carbons (Fsp3) is 0.517. The topological polar surface area (TPSA) is 58.6 Å². The van der Waals surface area contributed by atoms with Gasteiger partial charge >= 0.3 is 0 Å². The van der Waals surface area contributed by atoms with Crippen molar-refractivity contribution in [3.8, 4) is 5.75 Å². The lowest BCUT2D eigenvalue weighted by atomic mass is 9.95. The van der Waals surface area contributed by atoms with Crippen molar-refractivity contribution in [2.75, 3.05) is 7.11 Å². The molecule has 184 valence electrons. The molecule has 2 aromatic rings. The van der Waals surface area contributed by atoms with Gasteiger partial charge in [0.25, 0.3) is 0 Å². The van der Waals surface area contributed by atoms with Crippen molar-refractivity contribution in [3.05, 3.63) is 65.2 Å². The van der Waals surface area contributed by atoms with Crippen molar-refractivity contribution in [1.82, 2.24) is 10.2 Å². The lowest BCUT2D eigenvalue weighted by Gasteiger charge is -2.33. The van der Waals surface area contributed by atoms with E-state index in [9.17, 15) is 9.59 Å². The highest BCUT2D eigenvalue weighted by Crippen LogP contribution is 2.21. The van der Waals surface area contributed by atoms with Crippen molar-refractivity contribution in [1.29, 1.82) is 0 Å². The van der Waals surface area contributed by atoms with Crippen LogP contribution in [-0.2, 0) is 29.0 Å². The summed E-state index contributed by atoms with van der Waals surface area (Å²) in [5.74, 6) is 0.728. The molecule has 34 heavy (non-hydrogen) atoms. The molecule has 1 aliphatic carbocycles. The number of nitrogens with zero attached hydrogens (tertiary/aromatic N) is 1. The fourth-order valence-corrected chi connectivity index (χ4v) is 4.77. The zero-order valence-electron chi connectivity index (χ0n) is 21.0. The Hall–Kier alpha value is -2.82. The number of benzene rings is 2. The summed E-state index contributed by atoms with van der Waals surface area (Å²) < 4.78 is 5.37. The molecular weight excluding hydrogens is 424 g/mol. The highest BCUT2D eigenvalue weighted by Gasteiger charge is 2.30. The van der Waals surface area contributed by atoms with Crippen molar-refractivity contribution in [2.45, 2.75) is 90.3 Å². The van der Waals surface area contributed by atoms with Crippen LogP contribution in [0.5, 0.6) is 5.75 Å². The summed E-state index contributed by atoms with van der Waals surface area (Å²) in [5, 5.41) is 3.24. The SMILES string of the molecule is CCc1ccc(CCC(=O)N(Cc2cccc(OC)c2)C(CC)C(=O)NC2CCCCC2)cc1. The van der Waals surface area contributed by atoms with E-state index in [2.05, 4.69) is 36.5 Å². The molecule has 3 rings (SSSR count). The smallest absolute Gasteiger partial charge is 0.243 e. The molecule has 5 nitrogen and oxygen atoms in total. The lowest BCUT2D eigenvalue weighted by molar-refractivity contribution is -0.141. The number of amides is 2. The summed E-state index contributed by atoms with van der Waals surface area (Å²) >= 11 is 0. The van der Waals surface area contributed by atoms with E-state index in [1.165, 1.54) is 12.0 Å². The van der Waals surface area contributed by atoms with Crippen molar-refractivity contribution in [2.24, 2.45) is 0 Å². The first-order valence-electron chi connectivity index (χ1n) is 12.8. The van der Waals surface area contributed by atoms with E-state index in [0.717, 1.165) is 49.0 Å². The second-order valence-electron chi connectivity index (χ2n) is 9.31. The van der Waals surface area contributed by atoms with Crippen LogP contribution in [0.4, 0.5) is 0 Å². The van der Waals surface area contributed by atoms with E-state index >= 15 is 0 Å². The fourth-order valence-electron chi connectivity index (χ4n) is 4.77. The molecule has 1 atom stereocenters. The third kappa shape index (κ3) is 7.34. The number of carbonyl (C=O) groups is 2. The molecule has 0 radical (unpaired) electrons. The minimum absolute atomic E-state index is 0.00744. The molecule has 0 aromatic heterocycles. The van der Waals surface area contributed by atoms with Gasteiger partial charge in [-0.2, -0.15) is 0 Å². The Labute approximate surface area is 204 Å². The molecule has 5 heteroatoms. The third-order valence-electron chi connectivity index (χ3n) is 6.88. The van der Waals surface area contributed by atoms with Crippen LogP contribution >= 0.6 is 0 Å². The van der Waals surface area contributed by atoms with Crippen LogP contribution in [0.2, 0.25) is 0 Å². The van der Waals surface area contributed by atoms with Crippen LogP contribution in [0, 0.1) is 0 Å². The maximum Gasteiger partial charge on any atom is 0.243 e. The second-order valence-corrected chi connectivity index (χ2v) is 9.31. The van der Waals surface area contributed by atoms with Gasteiger partial charge in [0.1, 0.15) is 11.8 Å². The molecule has 1 N–H and O–H groups in total. The van der Waals surface area contributed by atoms with Gasteiger partial charge in [-0.1, -0.05) is 69.5 Å². The summed E-state index contributed by atoms with van der Waals surface area (Å²) in [7, 11) is 1.64. The summed E-state index contributed by atoms with van der Waals surface area (Å²) in [4.78, 5) is 28.6. The number of aryl methyl sites for hydroxylation is 2. The molecule has 2 aromatic carbocycles. The average Bonchev–Trinajstić information content (AvgIpc) is 2.88. The first-order valence-corrected chi connectivity index (χ1v) is 12.8. The van der Waals surface area contributed by atoms with Crippen LogP contribution < -0.4 is 10.1 Å². The molecule has 0 saturated heterocycles. The highest BCUT2D eigenvalue weighted by molar-refractivity contribution is 5.88. The standard InChI is InChI=1S/C29H40N2O3/c1-4-22-14-16-23(17-15-22)18-19-28(32)31(21-24-10-9-13-26(20-24)34-3)27(5-2)29(33)30-25-11-7-6-8-12-25/h9-10,13-17,20,25,27H,4-8,11-12,18-19,21H2,1-3H3,(H,30,33). The van der Waals surface area contributed by atoms with E-state index in [1.807, 2.05) is 31.2 Å². The molecule has 0 heterocycles. The predicted octanol–water partition coefficient (Wildman–Crippen LogP) is 5.45. The van der Waals surface area contributed by atoms with E-state index < -0.39 is 6.04 Å². The number of hydrogen-bond donors (Lipinski definition) is 1. The van der Waals surface area contributed by atoms with E-state index in [-0.39, 0.29) is 17.9 Å². The van der Waals surface area contributed by atoms with Gasteiger partial charge in [-0.05, 0) is 60.9 Å². The second kappa shape index (κ2) is 13.2. The Morgan fingerprint density at radius 2 is 1.71 bits per heavy atom. The zero-order chi connectivity index (χ0) is 24.3. The van der Waals surface area contributed by atoms with Gasteiger partial charge in [-0.25, -0.2) is 0 Å². The maximum absolute atomic E-state index is 13.5. The summed E-state index contributed by atoms with van der Waals surface area (Å²) in [6.45, 7) is 4.51. The van der Waals surface area contributed by atoms with Crippen LogP contribution in [-0.4, -0.2) is 35.9 Å². The third-order valence-corrected chi connectivity index (χ3v) is 6.88. The molecule has 0 spiro atoms. The molecule has 0 aliphatic heterocycles. The minimum atomic E-state index is -0.483. The number of ether oxygens (including phenoxy) is 1. The highest BCUT2D eigenvalue weighted by atomic mass is 16.5. The zero-order valence-corrected chi connectivity index (χ0v) is 21.0. The first-order chi connectivity index (χ1) is 16.5. The van der Waals surface area contributed by atoms with Crippen molar-refractivity contribution < 1.29 is 14.3 Å². The molecule has 1 saturated carbocycles. The Balaban J connectivity index is 1.75. The van der Waals surface area contributed by atoms with Crippen LogP contribution in [0.1, 0.15) is 75.5 Å².